The van der Waals surface area contributed by atoms with E-state index in [1.807, 2.05) is 0 Å². The van der Waals surface area contributed by atoms with Crippen LogP contribution in [-0.2, 0) is 0 Å². The summed E-state index contributed by atoms with van der Waals surface area (Å²) in [6, 6.07) is 0. The van der Waals surface area contributed by atoms with Crippen LogP contribution in [0.15, 0.2) is 0 Å². The Kier molecular flexibility index (Phi) is 16.9. The molecular weight excluding hydrogens is 276 g/mol. The molecule has 1 aliphatic rings. The van der Waals surface area contributed by atoms with Gasteiger partial charge in [-0.05, 0) is 65.0 Å². The quantitative estimate of drug-likeness (QED) is 0.392. The summed E-state index contributed by atoms with van der Waals surface area (Å²) in [5.74, 6) is 0. The molecule has 0 atom stereocenters. The van der Waals surface area contributed by atoms with Gasteiger partial charge >= 0.3 is 0 Å². The zero-order chi connectivity index (χ0) is 16.5. The lowest BCUT2D eigenvalue weighted by molar-refractivity contribution is 0.131. The molecule has 6 heteroatoms. The van der Waals surface area contributed by atoms with Crippen molar-refractivity contribution in [3.8, 4) is 0 Å². The van der Waals surface area contributed by atoms with Crippen molar-refractivity contribution >= 4 is 0 Å². The van der Waals surface area contributed by atoms with Gasteiger partial charge in [-0.1, -0.05) is 12.8 Å². The fourth-order valence-corrected chi connectivity index (χ4v) is 2.51. The lowest BCUT2D eigenvalue weighted by atomic mass is 10.2. The van der Waals surface area contributed by atoms with E-state index in [2.05, 4.69) is 9.80 Å². The number of unbranched alkanes of at least 4 members (excludes halogenated alkanes) is 3. The average molecular weight is 317 g/mol. The summed E-state index contributed by atoms with van der Waals surface area (Å²) >= 11 is 0. The smallest absolute Gasteiger partial charge is 0.0110 e. The Balaban J connectivity index is 0.000000472. The minimum absolute atomic E-state index is 0.813. The Morgan fingerprint density at radius 2 is 0.773 bits per heavy atom. The third-order valence-electron chi connectivity index (χ3n) is 3.98. The predicted molar refractivity (Wildman–Crippen MR) is 96.8 cm³/mol. The second-order valence-electron chi connectivity index (χ2n) is 5.96. The van der Waals surface area contributed by atoms with Gasteiger partial charge in [-0.3, -0.25) is 0 Å². The molecule has 1 heterocycles. The molecule has 0 saturated carbocycles. The van der Waals surface area contributed by atoms with E-state index in [1.54, 1.807) is 0 Å². The second-order valence-corrected chi connectivity index (χ2v) is 5.96. The topological polar surface area (TPSA) is 111 Å². The van der Waals surface area contributed by atoms with Gasteiger partial charge in [0.05, 0.1) is 0 Å². The zero-order valence-corrected chi connectivity index (χ0v) is 14.5. The van der Waals surface area contributed by atoms with E-state index in [0.29, 0.717) is 0 Å². The maximum Gasteiger partial charge on any atom is 0.0110 e. The molecule has 8 N–H and O–H groups in total. The highest BCUT2D eigenvalue weighted by atomic mass is 15.3. The van der Waals surface area contributed by atoms with Gasteiger partial charge < -0.3 is 32.7 Å². The molecule has 0 bridgehead atoms. The van der Waals surface area contributed by atoms with Crippen LogP contribution < -0.4 is 22.9 Å². The molecule has 1 aliphatic heterocycles. The summed E-state index contributed by atoms with van der Waals surface area (Å²) in [7, 11) is 0. The third-order valence-corrected chi connectivity index (χ3v) is 3.98. The van der Waals surface area contributed by atoms with Crippen LogP contribution in [0, 0.1) is 0 Å². The van der Waals surface area contributed by atoms with E-state index in [1.165, 1.54) is 52.1 Å². The molecule has 1 saturated heterocycles. The number of rotatable bonds is 11. The first-order valence-electron chi connectivity index (χ1n) is 9.03. The van der Waals surface area contributed by atoms with E-state index >= 15 is 0 Å². The van der Waals surface area contributed by atoms with Crippen LogP contribution in [0.5, 0.6) is 0 Å². The van der Waals surface area contributed by atoms with Gasteiger partial charge in [0.2, 0.25) is 0 Å². The summed E-state index contributed by atoms with van der Waals surface area (Å²) in [6.45, 7) is 10.4. The average Bonchev–Trinajstić information content (AvgIpc) is 2.56. The molecule has 22 heavy (non-hydrogen) atoms. The van der Waals surface area contributed by atoms with Crippen molar-refractivity contribution < 1.29 is 0 Å². The molecule has 0 unspecified atom stereocenters. The highest BCUT2D eigenvalue weighted by Gasteiger charge is 2.15. The molecule has 0 aromatic carbocycles. The highest BCUT2D eigenvalue weighted by Crippen LogP contribution is 2.02. The molecular formula is C16H40N6. The van der Waals surface area contributed by atoms with Gasteiger partial charge in [-0.15, -0.1) is 0 Å². The van der Waals surface area contributed by atoms with Gasteiger partial charge in [-0.25, -0.2) is 0 Å². The Hall–Kier alpha value is -0.240. The molecule has 134 valence electrons. The summed E-state index contributed by atoms with van der Waals surface area (Å²) in [6.07, 6.45) is 7.05. The Morgan fingerprint density at radius 3 is 1.05 bits per heavy atom. The maximum atomic E-state index is 5.49. The van der Waals surface area contributed by atoms with Crippen molar-refractivity contribution in [3.05, 3.63) is 0 Å². The van der Waals surface area contributed by atoms with Crippen LogP contribution in [0.3, 0.4) is 0 Å². The van der Waals surface area contributed by atoms with Crippen molar-refractivity contribution in [1.29, 1.82) is 0 Å². The number of hydrogen-bond acceptors (Lipinski definition) is 6. The summed E-state index contributed by atoms with van der Waals surface area (Å²) in [5, 5.41) is 0. The largest absolute Gasteiger partial charge is 0.330 e. The van der Waals surface area contributed by atoms with Crippen LogP contribution in [0.4, 0.5) is 0 Å². The Bertz CT molecular complexity index is 185. The van der Waals surface area contributed by atoms with Crippen LogP contribution >= 0.6 is 0 Å². The fourth-order valence-electron chi connectivity index (χ4n) is 2.51. The Labute approximate surface area is 137 Å². The minimum Gasteiger partial charge on any atom is -0.330 e. The van der Waals surface area contributed by atoms with Crippen molar-refractivity contribution in [1.82, 2.24) is 9.80 Å². The molecule has 0 amide bonds. The number of nitrogens with zero attached hydrogens (tertiary/aromatic N) is 2. The molecule has 0 aliphatic carbocycles. The van der Waals surface area contributed by atoms with Crippen molar-refractivity contribution in [2.45, 2.75) is 38.5 Å². The summed E-state index contributed by atoms with van der Waals surface area (Å²) in [4.78, 5) is 5.01. The summed E-state index contributed by atoms with van der Waals surface area (Å²) in [5.41, 5.74) is 21.5. The van der Waals surface area contributed by atoms with Crippen LogP contribution in [0.25, 0.3) is 0 Å². The van der Waals surface area contributed by atoms with Crippen LogP contribution in [0.2, 0.25) is 0 Å². The first-order valence-corrected chi connectivity index (χ1v) is 9.03. The van der Waals surface area contributed by atoms with Crippen molar-refractivity contribution in [2.24, 2.45) is 22.9 Å². The number of nitrogens with two attached hydrogens (primary N) is 4. The molecule has 1 fully saturated rings. The van der Waals surface area contributed by atoms with Gasteiger partial charge in [0.15, 0.2) is 0 Å². The lowest BCUT2D eigenvalue weighted by Gasteiger charge is -2.34. The van der Waals surface area contributed by atoms with E-state index in [4.69, 9.17) is 22.9 Å². The Morgan fingerprint density at radius 1 is 0.455 bits per heavy atom. The minimum atomic E-state index is 0.813. The molecule has 1 rings (SSSR count). The standard InChI is InChI=1S/C10H24N4.C6H16N2/c11-3-1-5-13-7-9-14(10-8-13)6-2-4-12;7-5-3-1-2-4-6-8/h1-12H2;1-8H2. The van der Waals surface area contributed by atoms with E-state index in [0.717, 1.165) is 51.9 Å². The molecule has 0 spiro atoms. The predicted octanol–water partition coefficient (Wildman–Crippen LogP) is -0.234. The second kappa shape index (κ2) is 17.1. The van der Waals surface area contributed by atoms with Crippen LogP contribution in [-0.4, -0.2) is 75.2 Å². The van der Waals surface area contributed by atoms with E-state index < -0.39 is 0 Å². The number of hydrogen-bond donors (Lipinski definition) is 4. The number of piperazine rings is 1. The molecule has 0 aromatic heterocycles. The summed E-state index contributed by atoms with van der Waals surface area (Å²) < 4.78 is 0. The first kappa shape index (κ1) is 21.8. The normalized spacial score (nSPS) is 16.4. The first-order chi connectivity index (χ1) is 10.8. The van der Waals surface area contributed by atoms with Gasteiger partial charge in [0, 0.05) is 26.2 Å². The molecule has 6 nitrogen and oxygen atoms in total. The van der Waals surface area contributed by atoms with Crippen molar-refractivity contribution in [2.75, 3.05) is 65.4 Å². The van der Waals surface area contributed by atoms with E-state index in [-0.39, 0.29) is 0 Å². The lowest BCUT2D eigenvalue weighted by Crippen LogP contribution is -2.47. The fraction of sp³-hybridized carbons (Fsp3) is 1.00. The SMILES string of the molecule is NCCCCCCN.NCCCN1CCN(CCCN)CC1. The maximum absolute atomic E-state index is 5.49. The van der Waals surface area contributed by atoms with Gasteiger partial charge in [0.1, 0.15) is 0 Å². The third kappa shape index (κ3) is 13.4. The molecule has 0 aromatic rings. The van der Waals surface area contributed by atoms with Gasteiger partial charge in [-0.2, -0.15) is 0 Å². The molecule has 0 radical (unpaired) electrons. The highest BCUT2D eigenvalue weighted by molar-refractivity contribution is 4.71. The van der Waals surface area contributed by atoms with Crippen LogP contribution in [0.1, 0.15) is 38.5 Å². The monoisotopic (exact) mass is 316 g/mol. The van der Waals surface area contributed by atoms with Gasteiger partial charge in [0.25, 0.3) is 0 Å². The van der Waals surface area contributed by atoms with Crippen molar-refractivity contribution in [3.63, 3.8) is 0 Å². The zero-order valence-electron chi connectivity index (χ0n) is 14.5. The van der Waals surface area contributed by atoms with E-state index in [9.17, 15) is 0 Å².